The van der Waals surface area contributed by atoms with Gasteiger partial charge in [-0.25, -0.2) is 9.97 Å². The Morgan fingerprint density at radius 1 is 0.358 bits per heavy atom. The van der Waals surface area contributed by atoms with Gasteiger partial charge in [-0.3, -0.25) is 0 Å². The maximum atomic E-state index is 10.2. The SMILES string of the molecule is Oc1ccccc1-c1nc2cc(-c3ccccc3)c3ccccc3c2s1.Oc1ccccc1-c1nc2cc(-c3ccccc3)c3ccccc3c2s1.[Zn]. The third-order valence-corrected chi connectivity index (χ3v) is 11.5. The zero-order valence-corrected chi connectivity index (χ0v) is 33.1. The molecule has 0 saturated heterocycles. The molecule has 2 N–H and O–H groups in total. The van der Waals surface area contributed by atoms with Gasteiger partial charge in [-0.1, -0.05) is 133 Å². The first-order valence-corrected chi connectivity index (χ1v) is 18.6. The van der Waals surface area contributed by atoms with Gasteiger partial charge in [-0.15, -0.1) is 22.7 Å². The Morgan fingerprint density at radius 2 is 0.698 bits per heavy atom. The second-order valence-corrected chi connectivity index (χ2v) is 14.4. The van der Waals surface area contributed by atoms with Crippen LogP contribution in [0.5, 0.6) is 11.5 Å². The predicted octanol–water partition coefficient (Wildman–Crippen LogP) is 13.0. The Kier molecular flexibility index (Phi) is 9.55. The molecule has 8 aromatic carbocycles. The second-order valence-electron chi connectivity index (χ2n) is 12.4. The van der Waals surface area contributed by atoms with E-state index in [4.69, 9.17) is 9.97 Å². The van der Waals surface area contributed by atoms with Gasteiger partial charge < -0.3 is 10.2 Å². The van der Waals surface area contributed by atoms with E-state index in [1.165, 1.54) is 43.8 Å². The summed E-state index contributed by atoms with van der Waals surface area (Å²) in [6.07, 6.45) is 0. The van der Waals surface area contributed by atoms with Crippen LogP contribution in [0.15, 0.2) is 170 Å². The summed E-state index contributed by atoms with van der Waals surface area (Å²) in [7, 11) is 0. The van der Waals surface area contributed by atoms with Crippen molar-refractivity contribution >= 4 is 64.7 Å². The number of thiazole rings is 2. The molecule has 2 heterocycles. The Balaban J connectivity index is 0.000000148. The number of para-hydroxylation sites is 2. The largest absolute Gasteiger partial charge is 0.507 e. The Labute approximate surface area is 327 Å². The number of aromatic hydroxyl groups is 2. The van der Waals surface area contributed by atoms with Gasteiger partial charge in [0.15, 0.2) is 0 Å². The normalized spacial score (nSPS) is 11.0. The van der Waals surface area contributed by atoms with Gasteiger partial charge in [0.25, 0.3) is 0 Å². The molecule has 0 radical (unpaired) electrons. The summed E-state index contributed by atoms with van der Waals surface area (Å²) >= 11 is 3.25. The van der Waals surface area contributed by atoms with Crippen molar-refractivity contribution in [2.75, 3.05) is 0 Å². The number of hydrogen-bond acceptors (Lipinski definition) is 6. The number of phenolic OH excluding ortho intramolecular Hbond substituents is 2. The van der Waals surface area contributed by atoms with E-state index in [2.05, 4.69) is 109 Å². The molecule has 10 rings (SSSR count). The maximum Gasteiger partial charge on any atom is 0.128 e. The van der Waals surface area contributed by atoms with E-state index < -0.39 is 0 Å². The Morgan fingerprint density at radius 3 is 1.09 bits per heavy atom. The van der Waals surface area contributed by atoms with Crippen molar-refractivity contribution in [3.63, 3.8) is 0 Å². The monoisotopic (exact) mass is 770 g/mol. The van der Waals surface area contributed by atoms with E-state index in [1.54, 1.807) is 34.8 Å². The van der Waals surface area contributed by atoms with Crippen LogP contribution in [0.4, 0.5) is 0 Å². The molecule has 10 aromatic rings. The summed E-state index contributed by atoms with van der Waals surface area (Å²) in [6, 6.07) is 56.8. The second kappa shape index (κ2) is 14.7. The fraction of sp³-hybridized carbons (Fsp3) is 0. The van der Waals surface area contributed by atoms with Gasteiger partial charge in [0.05, 0.1) is 31.6 Å². The first-order valence-electron chi connectivity index (χ1n) is 16.9. The molecule has 0 aliphatic heterocycles. The number of rotatable bonds is 4. The summed E-state index contributed by atoms with van der Waals surface area (Å²) in [4.78, 5) is 9.68. The summed E-state index contributed by atoms with van der Waals surface area (Å²) in [5.74, 6) is 0.526. The van der Waals surface area contributed by atoms with Crippen LogP contribution in [-0.2, 0) is 19.5 Å². The quantitative estimate of drug-likeness (QED) is 0.175. The summed E-state index contributed by atoms with van der Waals surface area (Å²) < 4.78 is 2.30. The molecule has 0 atom stereocenters. The van der Waals surface area contributed by atoms with E-state index in [0.717, 1.165) is 41.6 Å². The molecule has 0 aliphatic carbocycles. The Bertz CT molecular complexity index is 2690. The van der Waals surface area contributed by atoms with Crippen LogP contribution in [0.2, 0.25) is 0 Å². The maximum absolute atomic E-state index is 10.2. The standard InChI is InChI=1S/2C23H15NOS.Zn/c2*25-21-13-7-6-12-18(21)23-24-20-14-19(15-8-2-1-3-9-15)16-10-4-5-11-17(16)22(20)26-23;/h2*1-14,25H;. The molecular weight excluding hydrogens is 742 g/mol. The van der Waals surface area contributed by atoms with Gasteiger partial charge in [0, 0.05) is 30.3 Å². The molecular formula is C46H30N2O2S2Zn. The van der Waals surface area contributed by atoms with Crippen LogP contribution < -0.4 is 0 Å². The molecule has 0 saturated carbocycles. The summed E-state index contributed by atoms with van der Waals surface area (Å²) in [6.45, 7) is 0. The summed E-state index contributed by atoms with van der Waals surface area (Å²) in [5.41, 5.74) is 8.21. The molecule has 0 aliphatic rings. The van der Waals surface area contributed by atoms with Crippen molar-refractivity contribution in [1.82, 2.24) is 9.97 Å². The number of fused-ring (bicyclic) bond motifs is 6. The third kappa shape index (κ3) is 6.49. The number of nitrogens with zero attached hydrogens (tertiary/aromatic N) is 2. The fourth-order valence-electron chi connectivity index (χ4n) is 6.76. The zero-order chi connectivity index (χ0) is 35.0. The third-order valence-electron chi connectivity index (χ3n) is 9.23. The molecule has 2 aromatic heterocycles. The van der Waals surface area contributed by atoms with Crippen molar-refractivity contribution in [3.05, 3.63) is 170 Å². The molecule has 53 heavy (non-hydrogen) atoms. The van der Waals surface area contributed by atoms with Crippen molar-refractivity contribution in [2.24, 2.45) is 0 Å². The number of hydrogen-bond donors (Lipinski definition) is 2. The van der Waals surface area contributed by atoms with Gasteiger partial charge in [-0.2, -0.15) is 0 Å². The predicted molar refractivity (Wildman–Crippen MR) is 219 cm³/mol. The van der Waals surface area contributed by atoms with E-state index in [1.807, 2.05) is 48.5 Å². The number of aromatic nitrogens is 2. The van der Waals surface area contributed by atoms with Crippen LogP contribution >= 0.6 is 22.7 Å². The molecule has 4 nitrogen and oxygen atoms in total. The first-order chi connectivity index (χ1) is 25.6. The van der Waals surface area contributed by atoms with E-state index in [0.29, 0.717) is 0 Å². The molecule has 7 heteroatoms. The Hall–Kier alpha value is -5.72. The topological polar surface area (TPSA) is 66.2 Å². The smallest absolute Gasteiger partial charge is 0.128 e. The van der Waals surface area contributed by atoms with Gasteiger partial charge in [-0.05, 0) is 69.4 Å². The van der Waals surface area contributed by atoms with Crippen LogP contribution in [0.3, 0.4) is 0 Å². The molecule has 0 bridgehead atoms. The van der Waals surface area contributed by atoms with Crippen LogP contribution in [-0.4, -0.2) is 20.2 Å². The van der Waals surface area contributed by atoms with Crippen molar-refractivity contribution in [1.29, 1.82) is 0 Å². The van der Waals surface area contributed by atoms with Crippen LogP contribution in [0.25, 0.3) is 85.4 Å². The van der Waals surface area contributed by atoms with Gasteiger partial charge in [0.2, 0.25) is 0 Å². The van der Waals surface area contributed by atoms with E-state index in [-0.39, 0.29) is 31.0 Å². The van der Waals surface area contributed by atoms with Crippen molar-refractivity contribution in [3.8, 4) is 54.9 Å². The van der Waals surface area contributed by atoms with E-state index in [9.17, 15) is 10.2 Å². The van der Waals surface area contributed by atoms with Crippen LogP contribution in [0.1, 0.15) is 0 Å². The minimum Gasteiger partial charge on any atom is -0.507 e. The van der Waals surface area contributed by atoms with Crippen molar-refractivity contribution in [2.45, 2.75) is 0 Å². The molecule has 0 spiro atoms. The first kappa shape index (κ1) is 34.4. The number of phenols is 2. The van der Waals surface area contributed by atoms with E-state index >= 15 is 0 Å². The average molecular weight is 772 g/mol. The fourth-order valence-corrected chi connectivity index (χ4v) is 8.99. The van der Waals surface area contributed by atoms with Gasteiger partial charge >= 0.3 is 0 Å². The van der Waals surface area contributed by atoms with Crippen LogP contribution in [0, 0.1) is 0 Å². The van der Waals surface area contributed by atoms with Gasteiger partial charge in [0.1, 0.15) is 21.5 Å². The molecule has 0 amide bonds. The average Bonchev–Trinajstić information content (AvgIpc) is 3.84. The number of benzene rings is 8. The minimum atomic E-state index is 0. The molecule has 250 valence electrons. The molecule has 0 unspecified atom stereocenters. The summed E-state index contributed by atoms with van der Waals surface area (Å²) in [5, 5.41) is 26.9. The zero-order valence-electron chi connectivity index (χ0n) is 28.5. The molecule has 0 fully saturated rings. The van der Waals surface area contributed by atoms with Crippen molar-refractivity contribution < 1.29 is 29.7 Å². The minimum absolute atomic E-state index is 0.